The predicted octanol–water partition coefficient (Wildman–Crippen LogP) is 2.42. The highest BCUT2D eigenvalue weighted by Gasteiger charge is 2.05. The van der Waals surface area contributed by atoms with Gasteiger partial charge in [0.05, 0.1) is 13.7 Å². The lowest BCUT2D eigenvalue weighted by molar-refractivity contribution is 0.0919. The summed E-state index contributed by atoms with van der Waals surface area (Å²) in [6, 6.07) is 5.80. The Kier molecular flexibility index (Phi) is 4.43. The Bertz CT molecular complexity index is 310. The maximum Gasteiger partial charge on any atom is 0.125 e. The first-order chi connectivity index (χ1) is 7.17. The van der Waals surface area contributed by atoms with E-state index in [0.29, 0.717) is 6.61 Å². The zero-order chi connectivity index (χ0) is 11.3. The summed E-state index contributed by atoms with van der Waals surface area (Å²) < 4.78 is 15.9. The Morgan fingerprint density at radius 2 is 2.00 bits per heavy atom. The normalized spacial score (nSPS) is 12.3. The fraction of sp³-hybridized carbons (Fsp3) is 0.500. The van der Waals surface area contributed by atoms with Crippen LogP contribution in [0.25, 0.3) is 0 Å². The molecule has 0 fully saturated rings. The summed E-state index contributed by atoms with van der Waals surface area (Å²) >= 11 is 0. The molecule has 0 saturated heterocycles. The molecule has 15 heavy (non-hydrogen) atoms. The lowest BCUT2D eigenvalue weighted by Gasteiger charge is -2.15. The molecule has 84 valence electrons. The summed E-state index contributed by atoms with van der Waals surface area (Å²) in [6.45, 7) is 4.55. The molecule has 3 heteroatoms. The second-order valence-electron chi connectivity index (χ2n) is 3.52. The predicted molar refractivity (Wildman–Crippen MR) is 59.7 cm³/mol. The Morgan fingerprint density at radius 1 is 1.27 bits per heavy atom. The number of rotatable bonds is 5. The fourth-order valence-electron chi connectivity index (χ4n) is 1.37. The molecule has 0 heterocycles. The number of benzene rings is 1. The van der Waals surface area contributed by atoms with Crippen LogP contribution < -0.4 is 9.47 Å². The smallest absolute Gasteiger partial charge is 0.125 e. The van der Waals surface area contributed by atoms with Crippen molar-refractivity contribution in [2.75, 3.05) is 20.8 Å². The molecular formula is C12H18O3. The van der Waals surface area contributed by atoms with E-state index >= 15 is 0 Å². The number of ether oxygens (including phenoxy) is 3. The van der Waals surface area contributed by atoms with E-state index in [0.717, 1.165) is 17.1 Å². The lowest BCUT2D eigenvalue weighted by Crippen LogP contribution is -2.17. The highest BCUT2D eigenvalue weighted by Crippen LogP contribution is 2.24. The molecule has 3 nitrogen and oxygen atoms in total. The van der Waals surface area contributed by atoms with Crippen LogP contribution in [0, 0.1) is 6.92 Å². The average Bonchev–Trinajstić information content (AvgIpc) is 2.21. The lowest BCUT2D eigenvalue weighted by atomic mass is 10.2. The molecule has 0 saturated carbocycles. The Morgan fingerprint density at radius 3 is 2.60 bits per heavy atom. The van der Waals surface area contributed by atoms with Crippen LogP contribution in [0.4, 0.5) is 0 Å². The van der Waals surface area contributed by atoms with Crippen LogP contribution >= 0.6 is 0 Å². The molecule has 1 aromatic carbocycles. The van der Waals surface area contributed by atoms with E-state index in [1.54, 1.807) is 14.2 Å². The van der Waals surface area contributed by atoms with Gasteiger partial charge in [0, 0.05) is 13.2 Å². The van der Waals surface area contributed by atoms with Gasteiger partial charge in [-0.05, 0) is 25.5 Å². The van der Waals surface area contributed by atoms with E-state index in [1.165, 1.54) is 0 Å². The van der Waals surface area contributed by atoms with E-state index in [4.69, 9.17) is 14.2 Å². The van der Waals surface area contributed by atoms with Crippen molar-refractivity contribution in [3.05, 3.63) is 23.8 Å². The van der Waals surface area contributed by atoms with Crippen molar-refractivity contribution in [2.45, 2.75) is 20.0 Å². The molecule has 0 bridgehead atoms. The van der Waals surface area contributed by atoms with Gasteiger partial charge in [-0.3, -0.25) is 0 Å². The molecule has 0 aliphatic carbocycles. The van der Waals surface area contributed by atoms with Gasteiger partial charge in [-0.1, -0.05) is 6.07 Å². The molecule has 1 aromatic rings. The summed E-state index contributed by atoms with van der Waals surface area (Å²) in [6.07, 6.45) is 0.0439. The van der Waals surface area contributed by atoms with Gasteiger partial charge in [0.1, 0.15) is 17.6 Å². The number of hydrogen-bond acceptors (Lipinski definition) is 3. The van der Waals surface area contributed by atoms with Gasteiger partial charge in [-0.15, -0.1) is 0 Å². The summed E-state index contributed by atoms with van der Waals surface area (Å²) in [7, 11) is 3.32. The molecule has 0 aliphatic heterocycles. The zero-order valence-electron chi connectivity index (χ0n) is 9.74. The fourth-order valence-corrected chi connectivity index (χ4v) is 1.37. The van der Waals surface area contributed by atoms with Gasteiger partial charge in [0.15, 0.2) is 0 Å². The van der Waals surface area contributed by atoms with E-state index < -0.39 is 0 Å². The van der Waals surface area contributed by atoms with Crippen LogP contribution in [0.1, 0.15) is 12.5 Å². The van der Waals surface area contributed by atoms with Crippen LogP contribution in [-0.2, 0) is 4.74 Å². The Labute approximate surface area is 91.0 Å². The monoisotopic (exact) mass is 210 g/mol. The average molecular weight is 210 g/mol. The Balaban J connectivity index is 2.69. The van der Waals surface area contributed by atoms with E-state index in [-0.39, 0.29) is 6.10 Å². The van der Waals surface area contributed by atoms with Crippen LogP contribution in [-0.4, -0.2) is 26.9 Å². The van der Waals surface area contributed by atoms with E-state index in [2.05, 4.69) is 0 Å². The van der Waals surface area contributed by atoms with Crippen molar-refractivity contribution in [1.29, 1.82) is 0 Å². The number of methoxy groups -OCH3 is 2. The maximum absolute atomic E-state index is 5.65. The molecule has 0 unspecified atom stereocenters. The third kappa shape index (κ3) is 3.44. The quantitative estimate of drug-likeness (QED) is 0.747. The SMILES string of the molecule is COC[C@H](C)Oc1ccc(C)c(OC)c1. The maximum atomic E-state index is 5.65. The topological polar surface area (TPSA) is 27.7 Å². The summed E-state index contributed by atoms with van der Waals surface area (Å²) in [5, 5.41) is 0. The van der Waals surface area contributed by atoms with Gasteiger partial charge >= 0.3 is 0 Å². The molecule has 0 aromatic heterocycles. The van der Waals surface area contributed by atoms with E-state index in [1.807, 2.05) is 32.0 Å². The third-order valence-corrected chi connectivity index (χ3v) is 2.12. The van der Waals surface area contributed by atoms with Gasteiger partial charge < -0.3 is 14.2 Å². The number of hydrogen-bond donors (Lipinski definition) is 0. The molecule has 1 atom stereocenters. The highest BCUT2D eigenvalue weighted by molar-refractivity contribution is 5.39. The second-order valence-corrected chi connectivity index (χ2v) is 3.52. The minimum Gasteiger partial charge on any atom is -0.496 e. The second kappa shape index (κ2) is 5.61. The first kappa shape index (κ1) is 11.9. The van der Waals surface area contributed by atoms with Crippen LogP contribution in [0.2, 0.25) is 0 Å². The van der Waals surface area contributed by atoms with Gasteiger partial charge in [0.25, 0.3) is 0 Å². The zero-order valence-corrected chi connectivity index (χ0v) is 9.74. The van der Waals surface area contributed by atoms with Gasteiger partial charge in [-0.2, -0.15) is 0 Å². The first-order valence-corrected chi connectivity index (χ1v) is 4.97. The minimum atomic E-state index is 0.0439. The molecule has 0 amide bonds. The van der Waals surface area contributed by atoms with Gasteiger partial charge in [-0.25, -0.2) is 0 Å². The molecule has 1 rings (SSSR count). The minimum absolute atomic E-state index is 0.0439. The van der Waals surface area contributed by atoms with Crippen molar-refractivity contribution in [1.82, 2.24) is 0 Å². The van der Waals surface area contributed by atoms with Crippen molar-refractivity contribution >= 4 is 0 Å². The summed E-state index contributed by atoms with van der Waals surface area (Å²) in [4.78, 5) is 0. The Hall–Kier alpha value is -1.22. The first-order valence-electron chi connectivity index (χ1n) is 4.97. The number of aryl methyl sites for hydroxylation is 1. The highest BCUT2D eigenvalue weighted by atomic mass is 16.5. The van der Waals surface area contributed by atoms with Crippen molar-refractivity contribution < 1.29 is 14.2 Å². The van der Waals surface area contributed by atoms with Crippen LogP contribution in [0.5, 0.6) is 11.5 Å². The standard InChI is InChI=1S/C12H18O3/c1-9-5-6-11(7-12(9)14-4)15-10(2)8-13-3/h5-7,10H,8H2,1-4H3/t10-/m0/s1. The molecule has 0 radical (unpaired) electrons. The van der Waals surface area contributed by atoms with Crippen molar-refractivity contribution in [3.8, 4) is 11.5 Å². The van der Waals surface area contributed by atoms with Crippen molar-refractivity contribution in [3.63, 3.8) is 0 Å². The summed E-state index contributed by atoms with van der Waals surface area (Å²) in [5.74, 6) is 1.65. The third-order valence-electron chi connectivity index (χ3n) is 2.12. The van der Waals surface area contributed by atoms with Crippen LogP contribution in [0.15, 0.2) is 18.2 Å². The molecule has 0 N–H and O–H groups in total. The van der Waals surface area contributed by atoms with E-state index in [9.17, 15) is 0 Å². The van der Waals surface area contributed by atoms with Crippen LogP contribution in [0.3, 0.4) is 0 Å². The molecule has 0 aliphatic rings. The summed E-state index contributed by atoms with van der Waals surface area (Å²) in [5.41, 5.74) is 1.10. The molecular weight excluding hydrogens is 192 g/mol. The molecule has 0 spiro atoms. The largest absolute Gasteiger partial charge is 0.496 e. The van der Waals surface area contributed by atoms with Crippen molar-refractivity contribution in [2.24, 2.45) is 0 Å². The van der Waals surface area contributed by atoms with Gasteiger partial charge in [0.2, 0.25) is 0 Å².